The van der Waals surface area contributed by atoms with Crippen molar-refractivity contribution in [3.05, 3.63) is 40.9 Å². The SMILES string of the molecule is CC(C)CCc1ccc(NC(=O)Cc2csc(N)n2)cc1. The van der Waals surface area contributed by atoms with Crippen LogP contribution in [0, 0.1) is 5.92 Å². The maximum absolute atomic E-state index is 11.9. The molecule has 2 rings (SSSR count). The Morgan fingerprint density at radius 1 is 1.33 bits per heavy atom. The predicted octanol–water partition coefficient (Wildman–Crippen LogP) is 3.50. The number of carbonyl (C=O) groups is 1. The molecule has 0 radical (unpaired) electrons. The number of amides is 1. The van der Waals surface area contributed by atoms with Crippen molar-refractivity contribution in [3.63, 3.8) is 0 Å². The van der Waals surface area contributed by atoms with Crippen molar-refractivity contribution in [2.45, 2.75) is 33.1 Å². The van der Waals surface area contributed by atoms with Gasteiger partial charge in [-0.1, -0.05) is 26.0 Å². The zero-order chi connectivity index (χ0) is 15.2. The Bertz CT molecular complexity index is 590. The molecule has 1 heterocycles. The number of nitrogens with zero attached hydrogens (tertiary/aromatic N) is 1. The first-order chi connectivity index (χ1) is 10.0. The number of benzene rings is 1. The summed E-state index contributed by atoms with van der Waals surface area (Å²) in [5.41, 5.74) is 8.38. The Balaban J connectivity index is 1.86. The first-order valence-corrected chi connectivity index (χ1v) is 7.99. The number of nitrogen functional groups attached to an aromatic ring is 1. The molecule has 0 spiro atoms. The highest BCUT2D eigenvalue weighted by molar-refractivity contribution is 7.13. The zero-order valence-corrected chi connectivity index (χ0v) is 13.2. The molecule has 0 atom stereocenters. The Labute approximate surface area is 129 Å². The third-order valence-corrected chi connectivity index (χ3v) is 3.88. The van der Waals surface area contributed by atoms with E-state index in [1.165, 1.54) is 23.3 Å². The van der Waals surface area contributed by atoms with Crippen molar-refractivity contribution < 1.29 is 4.79 Å². The van der Waals surface area contributed by atoms with Gasteiger partial charge in [0.25, 0.3) is 0 Å². The molecule has 0 bridgehead atoms. The highest BCUT2D eigenvalue weighted by Crippen LogP contribution is 2.15. The number of nitrogens with two attached hydrogens (primary N) is 1. The molecule has 0 saturated carbocycles. The van der Waals surface area contributed by atoms with Gasteiger partial charge in [0.2, 0.25) is 5.91 Å². The second-order valence-corrected chi connectivity index (χ2v) is 6.42. The summed E-state index contributed by atoms with van der Waals surface area (Å²) >= 11 is 1.35. The van der Waals surface area contributed by atoms with Crippen molar-refractivity contribution in [2.24, 2.45) is 5.92 Å². The van der Waals surface area contributed by atoms with E-state index >= 15 is 0 Å². The lowest BCUT2D eigenvalue weighted by molar-refractivity contribution is -0.115. The van der Waals surface area contributed by atoms with E-state index in [2.05, 4.69) is 36.3 Å². The molecule has 0 fully saturated rings. The van der Waals surface area contributed by atoms with Crippen LogP contribution in [0.4, 0.5) is 10.8 Å². The van der Waals surface area contributed by atoms with Gasteiger partial charge in [-0.25, -0.2) is 4.98 Å². The smallest absolute Gasteiger partial charge is 0.230 e. The van der Waals surface area contributed by atoms with Crippen molar-refractivity contribution in [2.75, 3.05) is 11.1 Å². The fourth-order valence-electron chi connectivity index (χ4n) is 1.98. The van der Waals surface area contributed by atoms with Gasteiger partial charge in [-0.2, -0.15) is 0 Å². The molecule has 0 aliphatic carbocycles. The third-order valence-electron chi connectivity index (χ3n) is 3.16. The van der Waals surface area contributed by atoms with Crippen LogP contribution in [0.25, 0.3) is 0 Å². The second-order valence-electron chi connectivity index (χ2n) is 5.53. The summed E-state index contributed by atoms with van der Waals surface area (Å²) in [6.45, 7) is 4.44. The highest BCUT2D eigenvalue weighted by atomic mass is 32.1. The molecule has 112 valence electrons. The van der Waals surface area contributed by atoms with Gasteiger partial charge >= 0.3 is 0 Å². The Morgan fingerprint density at radius 3 is 2.62 bits per heavy atom. The largest absolute Gasteiger partial charge is 0.375 e. The fraction of sp³-hybridized carbons (Fsp3) is 0.375. The average molecular weight is 303 g/mol. The van der Waals surface area contributed by atoms with E-state index in [0.29, 0.717) is 16.7 Å². The Hall–Kier alpha value is -1.88. The van der Waals surface area contributed by atoms with Crippen LogP contribution in [-0.2, 0) is 17.6 Å². The van der Waals surface area contributed by atoms with E-state index in [4.69, 9.17) is 5.73 Å². The minimum absolute atomic E-state index is 0.0739. The summed E-state index contributed by atoms with van der Waals surface area (Å²) in [5.74, 6) is 0.630. The molecule has 21 heavy (non-hydrogen) atoms. The number of thiazole rings is 1. The lowest BCUT2D eigenvalue weighted by atomic mass is 10.0. The topological polar surface area (TPSA) is 68.0 Å². The predicted molar refractivity (Wildman–Crippen MR) is 88.5 cm³/mol. The van der Waals surface area contributed by atoms with Crippen LogP contribution in [0.3, 0.4) is 0 Å². The lowest BCUT2D eigenvalue weighted by Crippen LogP contribution is -2.14. The van der Waals surface area contributed by atoms with Crippen molar-refractivity contribution in [3.8, 4) is 0 Å². The monoisotopic (exact) mass is 303 g/mol. The lowest BCUT2D eigenvalue weighted by Gasteiger charge is -2.07. The van der Waals surface area contributed by atoms with Gasteiger partial charge in [-0.05, 0) is 36.5 Å². The minimum Gasteiger partial charge on any atom is -0.375 e. The Morgan fingerprint density at radius 2 is 2.05 bits per heavy atom. The minimum atomic E-state index is -0.0739. The van der Waals surface area contributed by atoms with Gasteiger partial charge in [0.15, 0.2) is 5.13 Å². The molecule has 3 N–H and O–H groups in total. The van der Waals surface area contributed by atoms with Crippen molar-refractivity contribution in [1.29, 1.82) is 0 Å². The molecule has 1 amide bonds. The molecule has 0 aliphatic heterocycles. The number of hydrogen-bond acceptors (Lipinski definition) is 4. The van der Waals surface area contributed by atoms with Gasteiger partial charge in [0.05, 0.1) is 12.1 Å². The zero-order valence-electron chi connectivity index (χ0n) is 12.4. The molecule has 0 unspecified atom stereocenters. The first kappa shape index (κ1) is 15.5. The van der Waals surface area contributed by atoms with E-state index in [1.807, 2.05) is 17.5 Å². The third kappa shape index (κ3) is 5.19. The van der Waals surface area contributed by atoms with E-state index in [0.717, 1.165) is 12.1 Å². The van der Waals surface area contributed by atoms with Crippen LogP contribution in [0.2, 0.25) is 0 Å². The molecular formula is C16H21N3OS. The molecule has 1 aromatic carbocycles. The van der Waals surface area contributed by atoms with E-state index in [1.54, 1.807) is 0 Å². The molecular weight excluding hydrogens is 282 g/mol. The summed E-state index contributed by atoms with van der Waals surface area (Å²) in [6, 6.07) is 8.03. The van der Waals surface area contributed by atoms with Gasteiger partial charge < -0.3 is 11.1 Å². The fourth-order valence-corrected chi connectivity index (χ4v) is 2.55. The van der Waals surface area contributed by atoms with Crippen LogP contribution < -0.4 is 11.1 Å². The van der Waals surface area contributed by atoms with Gasteiger partial charge in [0, 0.05) is 11.1 Å². The van der Waals surface area contributed by atoms with Gasteiger partial charge in [0.1, 0.15) is 0 Å². The number of rotatable bonds is 6. The van der Waals surface area contributed by atoms with Crippen LogP contribution in [0.5, 0.6) is 0 Å². The molecule has 2 aromatic rings. The number of carbonyl (C=O) groups excluding carboxylic acids is 1. The number of aryl methyl sites for hydroxylation is 1. The van der Waals surface area contributed by atoms with Crippen LogP contribution >= 0.6 is 11.3 Å². The summed E-state index contributed by atoms with van der Waals surface area (Å²) in [5, 5.41) is 5.18. The maximum atomic E-state index is 11.9. The van der Waals surface area contributed by atoms with Crippen molar-refractivity contribution >= 4 is 28.1 Å². The standard InChI is InChI=1S/C16H21N3OS/c1-11(2)3-4-12-5-7-13(8-6-12)18-15(20)9-14-10-21-16(17)19-14/h5-8,10-11H,3-4,9H2,1-2H3,(H2,17,19)(H,18,20). The summed E-state index contributed by atoms with van der Waals surface area (Å²) < 4.78 is 0. The normalized spacial score (nSPS) is 10.8. The Kier molecular flexibility index (Phi) is 5.33. The number of anilines is 2. The van der Waals surface area contributed by atoms with Crippen LogP contribution in [0.1, 0.15) is 31.5 Å². The molecule has 1 aromatic heterocycles. The summed E-state index contributed by atoms with van der Waals surface area (Å²) in [4.78, 5) is 16.0. The van der Waals surface area contributed by atoms with Crippen LogP contribution in [-0.4, -0.2) is 10.9 Å². The van der Waals surface area contributed by atoms with E-state index in [-0.39, 0.29) is 12.3 Å². The highest BCUT2D eigenvalue weighted by Gasteiger charge is 2.07. The van der Waals surface area contributed by atoms with E-state index < -0.39 is 0 Å². The van der Waals surface area contributed by atoms with Crippen LogP contribution in [0.15, 0.2) is 29.6 Å². The van der Waals surface area contributed by atoms with Gasteiger partial charge in [-0.15, -0.1) is 11.3 Å². The average Bonchev–Trinajstić information content (AvgIpc) is 2.83. The molecule has 4 nitrogen and oxygen atoms in total. The molecule has 5 heteroatoms. The summed E-state index contributed by atoms with van der Waals surface area (Å²) in [7, 11) is 0. The molecule has 0 saturated heterocycles. The van der Waals surface area contributed by atoms with E-state index in [9.17, 15) is 4.79 Å². The quantitative estimate of drug-likeness (QED) is 0.858. The number of nitrogens with one attached hydrogen (secondary N) is 1. The van der Waals surface area contributed by atoms with Gasteiger partial charge in [-0.3, -0.25) is 4.79 Å². The number of hydrogen-bond donors (Lipinski definition) is 2. The van der Waals surface area contributed by atoms with Crippen molar-refractivity contribution in [1.82, 2.24) is 4.98 Å². The first-order valence-electron chi connectivity index (χ1n) is 7.11. The summed E-state index contributed by atoms with van der Waals surface area (Å²) in [6.07, 6.45) is 2.50. The maximum Gasteiger partial charge on any atom is 0.230 e. The molecule has 0 aliphatic rings. The number of aromatic nitrogens is 1. The second kappa shape index (κ2) is 7.22.